The molecule has 1 N–H and O–H groups in total. The molecule has 1 aliphatic rings. The van der Waals surface area contributed by atoms with Crippen LogP contribution in [-0.4, -0.2) is 16.5 Å². The van der Waals surface area contributed by atoms with Crippen LogP contribution in [0.1, 0.15) is 46.9 Å². The van der Waals surface area contributed by atoms with Gasteiger partial charge in [-0.1, -0.05) is 6.92 Å². The maximum absolute atomic E-state index is 4.84. The Kier molecular flexibility index (Phi) is 3.89. The number of aryl methyl sites for hydroxylation is 1. The van der Waals surface area contributed by atoms with Gasteiger partial charge in [0.15, 0.2) is 0 Å². The van der Waals surface area contributed by atoms with Gasteiger partial charge in [-0.2, -0.15) is 0 Å². The van der Waals surface area contributed by atoms with E-state index in [1.807, 2.05) is 23.7 Å². The third kappa shape index (κ3) is 2.85. The lowest BCUT2D eigenvalue weighted by Crippen LogP contribution is -2.23. The molecule has 0 spiro atoms. The van der Waals surface area contributed by atoms with Crippen molar-refractivity contribution in [2.45, 2.75) is 38.6 Å². The average molecular weight is 273 g/mol. The van der Waals surface area contributed by atoms with Gasteiger partial charge in [0.05, 0.1) is 10.7 Å². The van der Waals surface area contributed by atoms with E-state index >= 15 is 0 Å². The van der Waals surface area contributed by atoms with E-state index in [9.17, 15) is 0 Å². The van der Waals surface area contributed by atoms with Crippen LogP contribution < -0.4 is 5.32 Å². The number of aromatic nitrogens is 2. The Balaban J connectivity index is 1.81. The molecule has 0 aliphatic heterocycles. The van der Waals surface area contributed by atoms with Crippen LogP contribution in [0.15, 0.2) is 24.5 Å². The van der Waals surface area contributed by atoms with Crippen molar-refractivity contribution in [3.8, 4) is 0 Å². The Morgan fingerprint density at radius 2 is 2.21 bits per heavy atom. The molecule has 2 heterocycles. The predicted molar refractivity (Wildman–Crippen MR) is 78.5 cm³/mol. The molecule has 2 aromatic heterocycles. The zero-order valence-electron chi connectivity index (χ0n) is 11.2. The third-order valence-corrected chi connectivity index (χ3v) is 4.76. The lowest BCUT2D eigenvalue weighted by molar-refractivity contribution is 0.476. The van der Waals surface area contributed by atoms with E-state index in [-0.39, 0.29) is 0 Å². The summed E-state index contributed by atoms with van der Waals surface area (Å²) in [5.41, 5.74) is 2.62. The number of nitrogens with one attached hydrogen (secondary N) is 1. The number of thiazole rings is 1. The van der Waals surface area contributed by atoms with Crippen molar-refractivity contribution in [1.29, 1.82) is 0 Å². The SMILES string of the molecule is CCNC1CCCc2nc(Cc3ccncc3)sc21. The van der Waals surface area contributed by atoms with Crippen molar-refractivity contribution in [2.24, 2.45) is 0 Å². The van der Waals surface area contributed by atoms with Crippen LogP contribution in [0.5, 0.6) is 0 Å². The molecule has 0 aromatic carbocycles. The maximum Gasteiger partial charge on any atom is 0.0975 e. The molecule has 1 aliphatic carbocycles. The largest absolute Gasteiger partial charge is 0.309 e. The van der Waals surface area contributed by atoms with Gasteiger partial charge in [0.1, 0.15) is 0 Å². The fourth-order valence-electron chi connectivity index (χ4n) is 2.66. The van der Waals surface area contributed by atoms with Crippen molar-refractivity contribution in [2.75, 3.05) is 6.54 Å². The Morgan fingerprint density at radius 3 is 3.00 bits per heavy atom. The molecule has 19 heavy (non-hydrogen) atoms. The van der Waals surface area contributed by atoms with Crippen molar-refractivity contribution in [3.63, 3.8) is 0 Å². The van der Waals surface area contributed by atoms with Crippen LogP contribution in [0.2, 0.25) is 0 Å². The van der Waals surface area contributed by atoms with Crippen LogP contribution in [0.4, 0.5) is 0 Å². The fraction of sp³-hybridized carbons (Fsp3) is 0.467. The van der Waals surface area contributed by atoms with Gasteiger partial charge in [-0.05, 0) is 43.5 Å². The topological polar surface area (TPSA) is 37.8 Å². The molecule has 0 bridgehead atoms. The minimum Gasteiger partial charge on any atom is -0.309 e. The van der Waals surface area contributed by atoms with Crippen molar-refractivity contribution >= 4 is 11.3 Å². The molecule has 1 atom stereocenters. The molecule has 2 aromatic rings. The average Bonchev–Trinajstić information content (AvgIpc) is 2.84. The first-order valence-corrected chi connectivity index (χ1v) is 7.79. The molecule has 3 rings (SSSR count). The molecule has 1 unspecified atom stereocenters. The van der Waals surface area contributed by atoms with E-state index in [0.29, 0.717) is 6.04 Å². The fourth-order valence-corrected chi connectivity index (χ4v) is 3.92. The van der Waals surface area contributed by atoms with E-state index in [4.69, 9.17) is 4.98 Å². The van der Waals surface area contributed by atoms with Crippen LogP contribution in [0.25, 0.3) is 0 Å². The lowest BCUT2D eigenvalue weighted by atomic mass is 9.98. The van der Waals surface area contributed by atoms with Gasteiger partial charge in [-0.15, -0.1) is 11.3 Å². The number of hydrogen-bond acceptors (Lipinski definition) is 4. The van der Waals surface area contributed by atoms with Crippen LogP contribution in [0.3, 0.4) is 0 Å². The lowest BCUT2D eigenvalue weighted by Gasteiger charge is -2.21. The molecular weight excluding hydrogens is 254 g/mol. The minimum absolute atomic E-state index is 0.525. The van der Waals surface area contributed by atoms with Crippen LogP contribution >= 0.6 is 11.3 Å². The molecule has 4 heteroatoms. The highest BCUT2D eigenvalue weighted by Gasteiger charge is 2.23. The Hall–Kier alpha value is -1.26. The molecule has 0 saturated carbocycles. The second-order valence-corrected chi connectivity index (χ2v) is 6.07. The Bertz CT molecular complexity index is 536. The summed E-state index contributed by atoms with van der Waals surface area (Å²) < 4.78 is 0. The van der Waals surface area contributed by atoms with Gasteiger partial charge < -0.3 is 5.32 Å². The number of rotatable bonds is 4. The van der Waals surface area contributed by atoms with Crippen molar-refractivity contribution < 1.29 is 0 Å². The van der Waals surface area contributed by atoms with Gasteiger partial charge in [0.2, 0.25) is 0 Å². The van der Waals surface area contributed by atoms with Crippen LogP contribution in [-0.2, 0) is 12.8 Å². The normalized spacial score (nSPS) is 18.3. The van der Waals surface area contributed by atoms with E-state index < -0.39 is 0 Å². The standard InChI is InChI=1S/C15H19N3S/c1-2-17-12-4-3-5-13-15(12)19-14(18-13)10-11-6-8-16-9-7-11/h6-9,12,17H,2-5,10H2,1H3. The summed E-state index contributed by atoms with van der Waals surface area (Å²) in [5, 5.41) is 4.82. The highest BCUT2D eigenvalue weighted by molar-refractivity contribution is 7.11. The summed E-state index contributed by atoms with van der Waals surface area (Å²) in [4.78, 5) is 10.4. The number of hydrogen-bond donors (Lipinski definition) is 1. The van der Waals surface area contributed by atoms with Gasteiger partial charge >= 0.3 is 0 Å². The Morgan fingerprint density at radius 1 is 1.37 bits per heavy atom. The second kappa shape index (κ2) is 5.80. The summed E-state index contributed by atoms with van der Waals surface area (Å²) in [6, 6.07) is 4.67. The first-order chi connectivity index (χ1) is 9.36. The Labute approximate surface area is 118 Å². The zero-order chi connectivity index (χ0) is 13.1. The monoisotopic (exact) mass is 273 g/mol. The molecule has 100 valence electrons. The first kappa shape index (κ1) is 12.8. The van der Waals surface area contributed by atoms with Gasteiger partial charge in [-0.25, -0.2) is 4.98 Å². The summed E-state index contributed by atoms with van der Waals surface area (Å²) in [5.74, 6) is 0. The van der Waals surface area contributed by atoms with Gasteiger partial charge in [0.25, 0.3) is 0 Å². The second-order valence-electron chi connectivity index (χ2n) is 4.95. The van der Waals surface area contributed by atoms with Gasteiger partial charge in [-0.3, -0.25) is 4.98 Å². The van der Waals surface area contributed by atoms with E-state index in [0.717, 1.165) is 19.4 Å². The molecule has 0 radical (unpaired) electrons. The maximum atomic E-state index is 4.84. The summed E-state index contributed by atoms with van der Waals surface area (Å²) in [6.45, 7) is 3.20. The summed E-state index contributed by atoms with van der Waals surface area (Å²) >= 11 is 1.88. The van der Waals surface area contributed by atoms with E-state index in [1.165, 1.54) is 34.0 Å². The molecule has 0 fully saturated rings. The van der Waals surface area contributed by atoms with Gasteiger partial charge in [0, 0.05) is 29.7 Å². The van der Waals surface area contributed by atoms with Crippen molar-refractivity contribution in [3.05, 3.63) is 45.7 Å². The molecule has 3 nitrogen and oxygen atoms in total. The zero-order valence-corrected chi connectivity index (χ0v) is 12.0. The summed E-state index contributed by atoms with van der Waals surface area (Å²) in [7, 11) is 0. The van der Waals surface area contributed by atoms with E-state index in [1.54, 1.807) is 0 Å². The number of pyridine rings is 1. The molecule has 0 amide bonds. The van der Waals surface area contributed by atoms with Crippen LogP contribution in [0, 0.1) is 0 Å². The number of nitrogens with zero attached hydrogens (tertiary/aromatic N) is 2. The predicted octanol–water partition coefficient (Wildman–Crippen LogP) is 3.12. The number of fused-ring (bicyclic) bond motifs is 1. The quantitative estimate of drug-likeness (QED) is 0.930. The van der Waals surface area contributed by atoms with E-state index in [2.05, 4.69) is 29.4 Å². The smallest absolute Gasteiger partial charge is 0.0975 e. The third-order valence-electron chi connectivity index (χ3n) is 3.55. The minimum atomic E-state index is 0.525. The molecular formula is C15H19N3S. The summed E-state index contributed by atoms with van der Waals surface area (Å²) in [6.07, 6.45) is 8.28. The first-order valence-electron chi connectivity index (χ1n) is 6.97. The van der Waals surface area contributed by atoms with Crippen molar-refractivity contribution in [1.82, 2.24) is 15.3 Å². The highest BCUT2D eigenvalue weighted by atomic mass is 32.1. The molecule has 0 saturated heterocycles. The highest BCUT2D eigenvalue weighted by Crippen LogP contribution is 2.34.